The minimum Gasteiger partial charge on any atom is -0.228 e. The van der Waals surface area contributed by atoms with Crippen LogP contribution in [0.5, 0.6) is 0 Å². The standard InChI is InChI=1S/C13H6Cl3FN2/c14-9-2-1-8(11(15)12(9)16)10-7(3-5-18)4-6-19-13(10)17/h1-2,4,6H,3H2. The van der Waals surface area contributed by atoms with E-state index in [0.717, 1.165) is 0 Å². The first kappa shape index (κ1) is 14.1. The van der Waals surface area contributed by atoms with E-state index in [1.807, 2.05) is 6.07 Å². The maximum Gasteiger partial charge on any atom is 0.221 e. The average molecular weight is 316 g/mol. The van der Waals surface area contributed by atoms with E-state index in [-0.39, 0.29) is 27.1 Å². The highest BCUT2D eigenvalue weighted by Crippen LogP contribution is 2.39. The zero-order valence-corrected chi connectivity index (χ0v) is 11.7. The van der Waals surface area contributed by atoms with Gasteiger partial charge in [-0.05, 0) is 17.7 Å². The van der Waals surface area contributed by atoms with Gasteiger partial charge in [0, 0.05) is 17.3 Å². The van der Waals surface area contributed by atoms with Gasteiger partial charge in [-0.15, -0.1) is 0 Å². The summed E-state index contributed by atoms with van der Waals surface area (Å²) in [5.41, 5.74) is 1.04. The Hall–Kier alpha value is -1.34. The van der Waals surface area contributed by atoms with E-state index in [4.69, 9.17) is 40.1 Å². The van der Waals surface area contributed by atoms with Crippen LogP contribution in [0.2, 0.25) is 15.1 Å². The minimum absolute atomic E-state index is 0.0470. The van der Waals surface area contributed by atoms with Crippen molar-refractivity contribution in [2.24, 2.45) is 0 Å². The van der Waals surface area contributed by atoms with E-state index in [9.17, 15) is 4.39 Å². The summed E-state index contributed by atoms with van der Waals surface area (Å²) < 4.78 is 13.9. The van der Waals surface area contributed by atoms with E-state index < -0.39 is 5.95 Å². The number of benzene rings is 1. The molecular formula is C13H6Cl3FN2. The third-order valence-electron chi connectivity index (χ3n) is 2.57. The van der Waals surface area contributed by atoms with E-state index >= 15 is 0 Å². The average Bonchev–Trinajstić information content (AvgIpc) is 2.38. The Bertz CT molecular complexity index is 680. The van der Waals surface area contributed by atoms with Crippen LogP contribution in [0.1, 0.15) is 5.56 Å². The number of nitrogens with zero attached hydrogens (tertiary/aromatic N) is 2. The van der Waals surface area contributed by atoms with Gasteiger partial charge in [0.25, 0.3) is 0 Å². The fourth-order valence-corrected chi connectivity index (χ4v) is 2.34. The third kappa shape index (κ3) is 2.66. The highest BCUT2D eigenvalue weighted by molar-refractivity contribution is 6.49. The predicted molar refractivity (Wildman–Crippen MR) is 74.0 cm³/mol. The van der Waals surface area contributed by atoms with Crippen LogP contribution < -0.4 is 0 Å². The van der Waals surface area contributed by atoms with Crippen molar-refractivity contribution in [1.29, 1.82) is 5.26 Å². The number of rotatable bonds is 2. The van der Waals surface area contributed by atoms with Crippen LogP contribution in [-0.4, -0.2) is 4.98 Å². The summed E-state index contributed by atoms with van der Waals surface area (Å²) in [5.74, 6) is -0.701. The fourth-order valence-electron chi connectivity index (χ4n) is 1.71. The molecule has 0 aliphatic carbocycles. The van der Waals surface area contributed by atoms with Crippen molar-refractivity contribution >= 4 is 34.8 Å². The molecule has 0 N–H and O–H groups in total. The van der Waals surface area contributed by atoms with Crippen molar-refractivity contribution in [3.63, 3.8) is 0 Å². The first-order valence-corrected chi connectivity index (χ1v) is 6.34. The molecule has 0 unspecified atom stereocenters. The zero-order valence-electron chi connectivity index (χ0n) is 9.42. The molecule has 96 valence electrons. The molecular weight excluding hydrogens is 310 g/mol. The summed E-state index contributed by atoms with van der Waals surface area (Å²) >= 11 is 17.9. The summed E-state index contributed by atoms with van der Waals surface area (Å²) in [7, 11) is 0. The van der Waals surface area contributed by atoms with Crippen LogP contribution in [0.3, 0.4) is 0 Å². The summed E-state index contributed by atoms with van der Waals surface area (Å²) in [4.78, 5) is 3.58. The van der Waals surface area contributed by atoms with Crippen LogP contribution in [0, 0.1) is 17.3 Å². The van der Waals surface area contributed by atoms with Crippen LogP contribution >= 0.6 is 34.8 Å². The second-order valence-electron chi connectivity index (χ2n) is 3.69. The number of halogens is 4. The smallest absolute Gasteiger partial charge is 0.221 e. The van der Waals surface area contributed by atoms with Crippen LogP contribution in [-0.2, 0) is 6.42 Å². The summed E-state index contributed by atoms with van der Waals surface area (Å²) in [6.45, 7) is 0. The SMILES string of the molecule is N#CCc1ccnc(F)c1-c1ccc(Cl)c(Cl)c1Cl. The van der Waals surface area contributed by atoms with E-state index in [1.165, 1.54) is 12.3 Å². The monoisotopic (exact) mass is 314 g/mol. The molecule has 0 saturated heterocycles. The molecule has 0 aliphatic rings. The first-order valence-electron chi connectivity index (χ1n) is 5.20. The van der Waals surface area contributed by atoms with Crippen molar-refractivity contribution < 1.29 is 4.39 Å². The predicted octanol–water partition coefficient (Wildman–Crippen LogP) is 4.91. The van der Waals surface area contributed by atoms with Gasteiger partial charge in [-0.25, -0.2) is 4.98 Å². The van der Waals surface area contributed by atoms with Crippen molar-refractivity contribution in [2.45, 2.75) is 6.42 Å². The molecule has 0 bridgehead atoms. The van der Waals surface area contributed by atoms with Crippen molar-refractivity contribution in [1.82, 2.24) is 4.98 Å². The van der Waals surface area contributed by atoms with E-state index in [0.29, 0.717) is 11.1 Å². The van der Waals surface area contributed by atoms with Crippen LogP contribution in [0.25, 0.3) is 11.1 Å². The van der Waals surface area contributed by atoms with E-state index in [2.05, 4.69) is 4.98 Å². The normalized spacial score (nSPS) is 10.3. The maximum atomic E-state index is 13.9. The summed E-state index contributed by atoms with van der Waals surface area (Å²) in [5, 5.41) is 9.34. The molecule has 19 heavy (non-hydrogen) atoms. The third-order valence-corrected chi connectivity index (χ3v) is 3.86. The molecule has 1 heterocycles. The van der Waals surface area contributed by atoms with Crippen molar-refractivity contribution in [2.75, 3.05) is 0 Å². The molecule has 0 radical (unpaired) electrons. The van der Waals surface area contributed by atoms with Gasteiger partial charge in [-0.1, -0.05) is 40.9 Å². The van der Waals surface area contributed by atoms with E-state index in [1.54, 1.807) is 12.1 Å². The molecule has 0 atom stereocenters. The van der Waals surface area contributed by atoms with Gasteiger partial charge in [0.15, 0.2) is 0 Å². The van der Waals surface area contributed by atoms with Gasteiger partial charge < -0.3 is 0 Å². The van der Waals surface area contributed by atoms with Crippen molar-refractivity contribution in [3.8, 4) is 17.2 Å². The van der Waals surface area contributed by atoms with Crippen LogP contribution in [0.4, 0.5) is 4.39 Å². The zero-order chi connectivity index (χ0) is 14.0. The number of pyridine rings is 1. The van der Waals surface area contributed by atoms with Gasteiger partial charge in [-0.3, -0.25) is 0 Å². The molecule has 0 amide bonds. The highest BCUT2D eigenvalue weighted by atomic mass is 35.5. The van der Waals surface area contributed by atoms with Gasteiger partial charge in [-0.2, -0.15) is 9.65 Å². The van der Waals surface area contributed by atoms with Gasteiger partial charge in [0.2, 0.25) is 5.95 Å². The number of hydrogen-bond donors (Lipinski definition) is 0. The highest BCUT2D eigenvalue weighted by Gasteiger charge is 2.17. The van der Waals surface area contributed by atoms with Gasteiger partial charge in [0.05, 0.1) is 27.6 Å². The number of hydrogen-bond acceptors (Lipinski definition) is 2. The molecule has 1 aromatic carbocycles. The topological polar surface area (TPSA) is 36.7 Å². The molecule has 2 nitrogen and oxygen atoms in total. The minimum atomic E-state index is -0.701. The summed E-state index contributed by atoms with van der Waals surface area (Å²) in [6, 6.07) is 6.61. The maximum absolute atomic E-state index is 13.9. The first-order chi connectivity index (χ1) is 9.06. The lowest BCUT2D eigenvalue weighted by Gasteiger charge is -2.11. The second kappa shape index (κ2) is 5.75. The Morgan fingerprint density at radius 3 is 2.58 bits per heavy atom. The Kier molecular flexibility index (Phi) is 4.26. The second-order valence-corrected chi connectivity index (χ2v) is 4.86. The molecule has 2 rings (SSSR count). The van der Waals surface area contributed by atoms with Gasteiger partial charge >= 0.3 is 0 Å². The Balaban J connectivity index is 2.72. The quantitative estimate of drug-likeness (QED) is 0.583. The molecule has 0 saturated carbocycles. The lowest BCUT2D eigenvalue weighted by atomic mass is 10.00. The number of nitriles is 1. The fraction of sp³-hybridized carbons (Fsp3) is 0.0769. The lowest BCUT2D eigenvalue weighted by Crippen LogP contribution is -1.96. The van der Waals surface area contributed by atoms with Gasteiger partial charge in [0.1, 0.15) is 0 Å². The summed E-state index contributed by atoms with van der Waals surface area (Å²) in [6.07, 6.45) is 1.35. The van der Waals surface area contributed by atoms with Crippen LogP contribution in [0.15, 0.2) is 24.4 Å². The molecule has 0 aliphatic heterocycles. The Morgan fingerprint density at radius 2 is 1.89 bits per heavy atom. The lowest BCUT2D eigenvalue weighted by molar-refractivity contribution is 0.586. The molecule has 0 fully saturated rings. The Labute approximate surface area is 124 Å². The molecule has 0 spiro atoms. The Morgan fingerprint density at radius 1 is 1.16 bits per heavy atom. The van der Waals surface area contributed by atoms with Crippen molar-refractivity contribution in [3.05, 3.63) is 51.0 Å². The molecule has 1 aromatic heterocycles. The molecule has 2 aromatic rings. The largest absolute Gasteiger partial charge is 0.228 e. The number of aromatic nitrogens is 1. The molecule has 6 heteroatoms.